The highest BCUT2D eigenvalue weighted by Gasteiger charge is 2.19. The average molecular weight is 376 g/mol. The monoisotopic (exact) mass is 376 g/mol. The maximum Gasteiger partial charge on any atom is 0.291 e. The lowest BCUT2D eigenvalue weighted by molar-refractivity contribution is 0.954. The molecular weight excluding hydrogens is 356 g/mol. The summed E-state index contributed by atoms with van der Waals surface area (Å²) >= 11 is 1.65. The van der Waals surface area contributed by atoms with Crippen LogP contribution in [-0.4, -0.2) is 22.9 Å². The summed E-state index contributed by atoms with van der Waals surface area (Å²) in [7, 11) is 1.66. The van der Waals surface area contributed by atoms with Crippen LogP contribution in [-0.2, 0) is 0 Å². The van der Waals surface area contributed by atoms with Gasteiger partial charge in [-0.15, -0.1) is 11.8 Å². The highest BCUT2D eigenvalue weighted by Crippen LogP contribution is 2.28. The topological polar surface area (TPSA) is 51.3 Å². The number of anilines is 1. The fourth-order valence-electron chi connectivity index (χ4n) is 2.83. The molecule has 0 aliphatic heterocycles. The van der Waals surface area contributed by atoms with E-state index in [1.807, 2.05) is 62.6 Å². The Morgan fingerprint density at radius 1 is 1.11 bits per heavy atom. The van der Waals surface area contributed by atoms with Crippen molar-refractivity contribution in [3.8, 4) is 17.1 Å². The maximum atomic E-state index is 13.2. The van der Waals surface area contributed by atoms with Crippen molar-refractivity contribution in [2.24, 2.45) is 0 Å². The standard InChI is InChI=1S/C21H20N4OS/c1-13-6-9-16(12-14(13)2)25-20(15-7-10-17(27-5)11-8-15)24-19(23-4)18(22-3)21(25)26/h6-12,23H,1-2,4-5H3. The largest absolute Gasteiger partial charge is 0.382 e. The number of rotatable bonds is 4. The van der Waals surface area contributed by atoms with Gasteiger partial charge in [0.15, 0.2) is 0 Å². The van der Waals surface area contributed by atoms with E-state index < -0.39 is 0 Å². The first-order valence-corrected chi connectivity index (χ1v) is 9.67. The van der Waals surface area contributed by atoms with Gasteiger partial charge in [-0.1, -0.05) is 18.2 Å². The van der Waals surface area contributed by atoms with Gasteiger partial charge in [0, 0.05) is 23.2 Å². The first-order chi connectivity index (χ1) is 13.0. The quantitative estimate of drug-likeness (QED) is 0.523. The SMILES string of the molecule is [C-]#[N+]c1c(NC)nc(-c2ccc(SC)cc2)n(-c2ccc(C)c(C)c2)c1=O. The van der Waals surface area contributed by atoms with E-state index in [1.165, 1.54) is 4.57 Å². The van der Waals surface area contributed by atoms with Crippen LogP contribution in [0.25, 0.3) is 21.9 Å². The lowest BCUT2D eigenvalue weighted by atomic mass is 10.1. The van der Waals surface area contributed by atoms with E-state index >= 15 is 0 Å². The number of hydrogen-bond acceptors (Lipinski definition) is 4. The number of aromatic nitrogens is 2. The molecule has 0 aliphatic carbocycles. The van der Waals surface area contributed by atoms with Crippen LogP contribution in [0, 0.1) is 20.4 Å². The van der Waals surface area contributed by atoms with Gasteiger partial charge in [0.2, 0.25) is 0 Å². The van der Waals surface area contributed by atoms with Crippen molar-refractivity contribution >= 4 is 23.3 Å². The van der Waals surface area contributed by atoms with E-state index in [2.05, 4.69) is 15.1 Å². The van der Waals surface area contributed by atoms with Crippen molar-refractivity contribution < 1.29 is 0 Å². The minimum atomic E-state index is -0.378. The molecule has 0 unspecified atom stereocenters. The molecule has 3 aromatic rings. The third-order valence-corrected chi connectivity index (χ3v) is 5.25. The molecule has 0 saturated heterocycles. The van der Waals surface area contributed by atoms with Gasteiger partial charge in [-0.3, -0.25) is 9.36 Å². The number of aryl methyl sites for hydroxylation is 2. The van der Waals surface area contributed by atoms with Gasteiger partial charge in [0.05, 0.1) is 6.57 Å². The van der Waals surface area contributed by atoms with E-state index in [9.17, 15) is 4.79 Å². The molecule has 2 aromatic carbocycles. The average Bonchev–Trinajstić information content (AvgIpc) is 2.69. The summed E-state index contributed by atoms with van der Waals surface area (Å²) in [4.78, 5) is 22.3. The molecule has 1 N–H and O–H groups in total. The molecule has 0 fully saturated rings. The van der Waals surface area contributed by atoms with Crippen LogP contribution in [0.5, 0.6) is 0 Å². The lowest BCUT2D eigenvalue weighted by Crippen LogP contribution is -2.22. The Hall–Kier alpha value is -3.04. The van der Waals surface area contributed by atoms with Crippen LogP contribution >= 0.6 is 11.8 Å². The summed E-state index contributed by atoms with van der Waals surface area (Å²) in [5.74, 6) is 0.798. The van der Waals surface area contributed by atoms with Crippen LogP contribution in [0.2, 0.25) is 0 Å². The Balaban J connectivity index is 2.36. The number of thioether (sulfide) groups is 1. The zero-order valence-corrected chi connectivity index (χ0v) is 16.5. The second-order valence-electron chi connectivity index (χ2n) is 6.13. The smallest absolute Gasteiger partial charge is 0.291 e. The summed E-state index contributed by atoms with van der Waals surface area (Å²) in [6, 6.07) is 13.7. The molecule has 6 heteroatoms. The Morgan fingerprint density at radius 2 is 1.81 bits per heavy atom. The fraction of sp³-hybridized carbons (Fsp3) is 0.190. The second-order valence-corrected chi connectivity index (χ2v) is 7.01. The van der Waals surface area contributed by atoms with Crippen LogP contribution in [0.1, 0.15) is 11.1 Å². The first-order valence-electron chi connectivity index (χ1n) is 8.44. The number of hydrogen-bond donors (Lipinski definition) is 1. The van der Waals surface area contributed by atoms with Crippen LogP contribution in [0.3, 0.4) is 0 Å². The van der Waals surface area contributed by atoms with Crippen molar-refractivity contribution in [1.82, 2.24) is 9.55 Å². The van der Waals surface area contributed by atoms with E-state index in [0.717, 1.165) is 21.6 Å². The van der Waals surface area contributed by atoms with Gasteiger partial charge in [0.25, 0.3) is 11.2 Å². The van der Waals surface area contributed by atoms with Gasteiger partial charge in [0.1, 0.15) is 11.6 Å². The van der Waals surface area contributed by atoms with E-state index in [0.29, 0.717) is 17.3 Å². The Morgan fingerprint density at radius 3 is 2.37 bits per heavy atom. The molecule has 0 atom stereocenters. The van der Waals surface area contributed by atoms with Crippen molar-refractivity contribution in [2.75, 3.05) is 18.6 Å². The van der Waals surface area contributed by atoms with Crippen molar-refractivity contribution in [1.29, 1.82) is 0 Å². The fourth-order valence-corrected chi connectivity index (χ4v) is 3.23. The van der Waals surface area contributed by atoms with Crippen LogP contribution in [0.4, 0.5) is 11.5 Å². The predicted octanol–water partition coefficient (Wildman–Crippen LogP) is 4.83. The molecule has 27 heavy (non-hydrogen) atoms. The Kier molecular flexibility index (Phi) is 5.33. The molecule has 3 rings (SSSR count). The van der Waals surface area contributed by atoms with E-state index in [-0.39, 0.29) is 11.2 Å². The van der Waals surface area contributed by atoms with Crippen LogP contribution in [0.15, 0.2) is 52.2 Å². The summed E-state index contributed by atoms with van der Waals surface area (Å²) in [5.41, 5.74) is 3.34. The molecule has 0 saturated carbocycles. The molecule has 136 valence electrons. The second kappa shape index (κ2) is 7.68. The molecular formula is C21H20N4OS. The molecule has 0 spiro atoms. The zero-order chi connectivity index (χ0) is 19.6. The molecule has 0 bridgehead atoms. The molecule has 1 aromatic heterocycles. The van der Waals surface area contributed by atoms with Gasteiger partial charge in [-0.05, 0) is 55.5 Å². The van der Waals surface area contributed by atoms with Gasteiger partial charge < -0.3 is 5.32 Å². The Labute approximate surface area is 162 Å². The van der Waals surface area contributed by atoms with E-state index in [4.69, 9.17) is 6.57 Å². The third kappa shape index (κ3) is 3.46. The zero-order valence-electron chi connectivity index (χ0n) is 15.7. The van der Waals surface area contributed by atoms with Gasteiger partial charge in [-0.25, -0.2) is 9.83 Å². The number of benzene rings is 2. The minimum absolute atomic E-state index is 0.0137. The van der Waals surface area contributed by atoms with E-state index in [1.54, 1.807) is 18.8 Å². The number of nitrogens with one attached hydrogen (secondary N) is 1. The third-order valence-electron chi connectivity index (χ3n) is 4.50. The molecule has 0 amide bonds. The lowest BCUT2D eigenvalue weighted by Gasteiger charge is -2.16. The molecule has 0 aliphatic rings. The van der Waals surface area contributed by atoms with Gasteiger partial charge >= 0.3 is 0 Å². The van der Waals surface area contributed by atoms with Crippen molar-refractivity contribution in [3.63, 3.8) is 0 Å². The molecule has 5 nitrogen and oxygen atoms in total. The summed E-state index contributed by atoms with van der Waals surface area (Å²) < 4.78 is 1.52. The highest BCUT2D eigenvalue weighted by atomic mass is 32.2. The summed E-state index contributed by atoms with van der Waals surface area (Å²) in [6.45, 7) is 11.4. The molecule has 0 radical (unpaired) electrons. The summed E-state index contributed by atoms with van der Waals surface area (Å²) in [5, 5.41) is 2.88. The minimum Gasteiger partial charge on any atom is -0.382 e. The predicted molar refractivity (Wildman–Crippen MR) is 112 cm³/mol. The Bertz CT molecular complexity index is 1090. The number of nitrogens with zero attached hydrogens (tertiary/aromatic N) is 3. The molecule has 1 heterocycles. The summed E-state index contributed by atoms with van der Waals surface area (Å²) in [6.07, 6.45) is 2.02. The van der Waals surface area contributed by atoms with Gasteiger partial charge in [-0.2, -0.15) is 0 Å². The van der Waals surface area contributed by atoms with Crippen LogP contribution < -0.4 is 10.9 Å². The normalized spacial score (nSPS) is 10.5. The van der Waals surface area contributed by atoms with Crippen molar-refractivity contribution in [3.05, 3.63) is 75.4 Å². The van der Waals surface area contributed by atoms with Crippen molar-refractivity contribution in [2.45, 2.75) is 18.7 Å². The highest BCUT2D eigenvalue weighted by molar-refractivity contribution is 7.98. The first kappa shape index (κ1) is 18.7. The maximum absolute atomic E-state index is 13.2.